The lowest BCUT2D eigenvalue weighted by Crippen LogP contribution is -2.36. The predicted molar refractivity (Wildman–Crippen MR) is 123 cm³/mol. The summed E-state index contributed by atoms with van der Waals surface area (Å²) >= 11 is 1.28. The van der Waals surface area contributed by atoms with E-state index in [0.717, 1.165) is 22.4 Å². The molecule has 0 spiro atoms. The molecule has 0 saturated heterocycles. The van der Waals surface area contributed by atoms with Crippen molar-refractivity contribution in [3.05, 3.63) is 65.0 Å². The average Bonchev–Trinajstić information content (AvgIpc) is 3.15. The first-order valence-electron chi connectivity index (χ1n) is 9.81. The molecule has 0 aliphatic heterocycles. The quantitative estimate of drug-likeness (QED) is 0.542. The molecule has 7 heteroatoms. The third-order valence-corrected chi connectivity index (χ3v) is 7.63. The van der Waals surface area contributed by atoms with Gasteiger partial charge in [0.15, 0.2) is 15.0 Å². The smallest absolute Gasteiger partial charge is 0.244 e. The molecule has 1 heterocycles. The van der Waals surface area contributed by atoms with E-state index in [1.165, 1.54) is 11.3 Å². The van der Waals surface area contributed by atoms with Crippen molar-refractivity contribution in [2.45, 2.75) is 44.3 Å². The van der Waals surface area contributed by atoms with E-state index in [4.69, 9.17) is 0 Å². The Morgan fingerprint density at radius 3 is 2.13 bits per heavy atom. The van der Waals surface area contributed by atoms with Gasteiger partial charge in [-0.05, 0) is 38.3 Å². The normalized spacial score (nSPS) is 12.7. The molecule has 3 aromatic rings. The number of carbonyl (C=O) groups excluding carboxylic acids is 1. The van der Waals surface area contributed by atoms with Crippen LogP contribution in [0.5, 0.6) is 0 Å². The van der Waals surface area contributed by atoms with Crippen molar-refractivity contribution >= 4 is 32.2 Å². The second-order valence-corrected chi connectivity index (χ2v) is 10.9. The zero-order chi connectivity index (χ0) is 21.9. The summed E-state index contributed by atoms with van der Waals surface area (Å²) in [6.45, 7) is 7.72. The van der Waals surface area contributed by atoms with Crippen LogP contribution in [-0.4, -0.2) is 24.6 Å². The van der Waals surface area contributed by atoms with Gasteiger partial charge >= 0.3 is 0 Å². The van der Waals surface area contributed by atoms with Gasteiger partial charge < -0.3 is 5.32 Å². The van der Waals surface area contributed by atoms with Crippen molar-refractivity contribution in [1.82, 2.24) is 4.98 Å². The van der Waals surface area contributed by atoms with Crippen molar-refractivity contribution in [3.8, 4) is 11.3 Å². The van der Waals surface area contributed by atoms with Crippen LogP contribution >= 0.6 is 11.3 Å². The van der Waals surface area contributed by atoms with Gasteiger partial charge in [-0.25, -0.2) is 13.4 Å². The number of nitrogens with one attached hydrogen (secondary N) is 1. The maximum atomic E-state index is 13.2. The second kappa shape index (κ2) is 9.10. The van der Waals surface area contributed by atoms with Gasteiger partial charge in [-0.15, -0.1) is 11.3 Å². The number of amides is 1. The van der Waals surface area contributed by atoms with E-state index in [9.17, 15) is 13.2 Å². The summed E-state index contributed by atoms with van der Waals surface area (Å²) in [5, 5.41) is 3.80. The molecule has 5 nitrogen and oxygen atoms in total. The van der Waals surface area contributed by atoms with Crippen molar-refractivity contribution in [2.24, 2.45) is 5.92 Å². The zero-order valence-corrected chi connectivity index (χ0v) is 19.2. The molecule has 158 valence electrons. The van der Waals surface area contributed by atoms with E-state index in [-0.39, 0.29) is 17.2 Å². The van der Waals surface area contributed by atoms with Crippen LogP contribution in [0.4, 0.5) is 5.13 Å². The summed E-state index contributed by atoms with van der Waals surface area (Å²) in [6, 6.07) is 14.5. The molecular formula is C23H26N2O3S2. The summed E-state index contributed by atoms with van der Waals surface area (Å²) in [5.74, 6) is -0.505. The van der Waals surface area contributed by atoms with E-state index < -0.39 is 21.0 Å². The predicted octanol–water partition coefficient (Wildman–Crippen LogP) is 5.25. The molecule has 3 rings (SSSR count). The van der Waals surface area contributed by atoms with E-state index in [1.54, 1.807) is 24.3 Å². The SMILES string of the molecule is Cc1ccc(-c2csc(NC(=O)[C@H](CC(C)C)S(=O)(=O)c3ccc(C)cc3)n2)cc1. The number of aryl methyl sites for hydroxylation is 2. The number of thiazole rings is 1. The van der Waals surface area contributed by atoms with Crippen LogP contribution in [0.2, 0.25) is 0 Å². The molecule has 1 aromatic heterocycles. The average molecular weight is 443 g/mol. The number of aromatic nitrogens is 1. The maximum absolute atomic E-state index is 13.2. The van der Waals surface area contributed by atoms with Gasteiger partial charge in [0.2, 0.25) is 5.91 Å². The standard InChI is InChI=1S/C23H26N2O3S2/c1-15(2)13-21(30(27,28)19-11-7-17(4)8-12-19)22(26)25-23-24-20(14-29-23)18-9-5-16(3)6-10-18/h5-12,14-15,21H,13H2,1-4H3,(H,24,25,26)/t21-/m0/s1. The van der Waals surface area contributed by atoms with E-state index in [1.807, 2.05) is 57.3 Å². The summed E-state index contributed by atoms with van der Waals surface area (Å²) in [4.78, 5) is 17.6. The van der Waals surface area contributed by atoms with Gasteiger partial charge in [0.1, 0.15) is 5.25 Å². The zero-order valence-electron chi connectivity index (χ0n) is 17.5. The van der Waals surface area contributed by atoms with Crippen LogP contribution < -0.4 is 5.32 Å². The molecule has 0 radical (unpaired) electrons. The maximum Gasteiger partial charge on any atom is 0.244 e. The Hall–Kier alpha value is -2.51. The molecule has 0 saturated carbocycles. The summed E-state index contributed by atoms with van der Waals surface area (Å²) < 4.78 is 26.4. The molecule has 30 heavy (non-hydrogen) atoms. The van der Waals surface area contributed by atoms with E-state index in [2.05, 4.69) is 10.3 Å². The number of sulfone groups is 1. The fourth-order valence-electron chi connectivity index (χ4n) is 3.07. The fraction of sp³-hybridized carbons (Fsp3) is 0.304. The lowest BCUT2D eigenvalue weighted by atomic mass is 10.1. The third-order valence-electron chi connectivity index (χ3n) is 4.78. The third kappa shape index (κ3) is 5.15. The molecule has 1 amide bonds. The van der Waals surface area contributed by atoms with E-state index >= 15 is 0 Å². The molecule has 2 aromatic carbocycles. The molecule has 0 unspecified atom stereocenters. The lowest BCUT2D eigenvalue weighted by Gasteiger charge is -2.18. The molecular weight excluding hydrogens is 416 g/mol. The minimum Gasteiger partial charge on any atom is -0.301 e. The van der Waals surface area contributed by atoms with Crippen LogP contribution in [0.25, 0.3) is 11.3 Å². The van der Waals surface area contributed by atoms with Crippen LogP contribution in [0.1, 0.15) is 31.4 Å². The number of rotatable bonds is 7. The van der Waals surface area contributed by atoms with Crippen LogP contribution in [-0.2, 0) is 14.6 Å². The highest BCUT2D eigenvalue weighted by atomic mass is 32.2. The van der Waals surface area contributed by atoms with Gasteiger partial charge in [-0.2, -0.15) is 0 Å². The van der Waals surface area contributed by atoms with Crippen LogP contribution in [0.15, 0.2) is 58.8 Å². The molecule has 0 aliphatic rings. The minimum atomic E-state index is -3.82. The first-order valence-corrected chi connectivity index (χ1v) is 12.2. The number of nitrogens with zero attached hydrogens (tertiary/aromatic N) is 1. The van der Waals surface area contributed by atoms with Crippen molar-refractivity contribution < 1.29 is 13.2 Å². The Bertz CT molecular complexity index is 1120. The Morgan fingerprint density at radius 1 is 1.00 bits per heavy atom. The lowest BCUT2D eigenvalue weighted by molar-refractivity contribution is -0.116. The highest BCUT2D eigenvalue weighted by molar-refractivity contribution is 7.92. The highest BCUT2D eigenvalue weighted by Crippen LogP contribution is 2.27. The second-order valence-electron chi connectivity index (χ2n) is 7.87. The number of hydrogen-bond donors (Lipinski definition) is 1. The minimum absolute atomic E-state index is 0.0420. The fourth-order valence-corrected chi connectivity index (χ4v) is 5.61. The Labute approximate surface area is 182 Å². The highest BCUT2D eigenvalue weighted by Gasteiger charge is 2.35. The van der Waals surface area contributed by atoms with Gasteiger partial charge in [0, 0.05) is 10.9 Å². The van der Waals surface area contributed by atoms with E-state index in [0.29, 0.717) is 5.13 Å². The number of carbonyl (C=O) groups is 1. The largest absolute Gasteiger partial charge is 0.301 e. The molecule has 1 atom stereocenters. The van der Waals surface area contributed by atoms with Crippen LogP contribution in [0, 0.1) is 19.8 Å². The molecule has 1 N–H and O–H groups in total. The molecule has 0 bridgehead atoms. The van der Waals surface area contributed by atoms with Crippen molar-refractivity contribution in [2.75, 3.05) is 5.32 Å². The number of benzene rings is 2. The first-order chi connectivity index (χ1) is 14.2. The van der Waals surface area contributed by atoms with Gasteiger partial charge in [-0.1, -0.05) is 61.4 Å². The Kier molecular flexibility index (Phi) is 6.73. The summed E-state index contributed by atoms with van der Waals surface area (Å²) in [7, 11) is -3.82. The monoisotopic (exact) mass is 442 g/mol. The van der Waals surface area contributed by atoms with Gasteiger partial charge in [-0.3, -0.25) is 4.79 Å². The van der Waals surface area contributed by atoms with Crippen molar-refractivity contribution in [1.29, 1.82) is 0 Å². The Balaban J connectivity index is 1.84. The molecule has 0 fully saturated rings. The number of hydrogen-bond acceptors (Lipinski definition) is 5. The Morgan fingerprint density at radius 2 is 1.57 bits per heavy atom. The summed E-state index contributed by atoms with van der Waals surface area (Å²) in [6.07, 6.45) is 0.234. The van der Waals surface area contributed by atoms with Crippen molar-refractivity contribution in [3.63, 3.8) is 0 Å². The van der Waals surface area contributed by atoms with Gasteiger partial charge in [0.25, 0.3) is 0 Å². The van der Waals surface area contributed by atoms with Gasteiger partial charge in [0.05, 0.1) is 10.6 Å². The summed E-state index contributed by atoms with van der Waals surface area (Å²) in [5.41, 5.74) is 3.81. The number of anilines is 1. The first kappa shape index (κ1) is 22.2. The van der Waals surface area contributed by atoms with Crippen LogP contribution in [0.3, 0.4) is 0 Å². The topological polar surface area (TPSA) is 76.1 Å². The molecule has 0 aliphatic carbocycles.